The van der Waals surface area contributed by atoms with Crippen molar-refractivity contribution >= 4 is 17.8 Å². The lowest BCUT2D eigenvalue weighted by atomic mass is 10.1. The van der Waals surface area contributed by atoms with Gasteiger partial charge < -0.3 is 29.6 Å². The molecule has 0 heterocycles. The molecule has 0 saturated carbocycles. The van der Waals surface area contributed by atoms with Crippen molar-refractivity contribution in [1.29, 1.82) is 0 Å². The summed E-state index contributed by atoms with van der Waals surface area (Å²) in [6.07, 6.45) is 3.85. The quantitative estimate of drug-likeness (QED) is 0.191. The number of nitrogens with one attached hydrogen (secondary N) is 2. The molecule has 0 fully saturated rings. The molecule has 0 bridgehead atoms. The molecule has 2 rings (SSSR count). The molecule has 0 spiro atoms. The van der Waals surface area contributed by atoms with Crippen molar-refractivity contribution in [3.8, 4) is 5.75 Å². The number of amides is 2. The second kappa shape index (κ2) is 16.7. The normalized spacial score (nSPS) is 12.0. The van der Waals surface area contributed by atoms with E-state index in [-0.39, 0.29) is 32.0 Å². The highest BCUT2D eigenvalue weighted by atomic mass is 16.5. The first-order valence-corrected chi connectivity index (χ1v) is 11.8. The van der Waals surface area contributed by atoms with Gasteiger partial charge in [0, 0.05) is 7.11 Å². The van der Waals surface area contributed by atoms with Gasteiger partial charge >= 0.3 is 5.97 Å². The van der Waals surface area contributed by atoms with E-state index in [1.165, 1.54) is 13.2 Å². The van der Waals surface area contributed by atoms with Crippen molar-refractivity contribution in [2.75, 3.05) is 33.5 Å². The Morgan fingerprint density at radius 3 is 2.35 bits per heavy atom. The number of esters is 1. The SMILES string of the molecule is C=CCCOc1ccccc1C(=O)N[C@@H](COC)C(=O)N[C@@H](COCC=C)C(=O)OCc1ccccc1. The minimum absolute atomic E-state index is 0.0361. The summed E-state index contributed by atoms with van der Waals surface area (Å²) < 4.78 is 21.6. The summed E-state index contributed by atoms with van der Waals surface area (Å²) in [7, 11) is 1.40. The standard InChI is InChI=1S/C28H34N2O7/c1-4-6-17-36-25-15-11-10-14-22(25)26(31)29-23(19-34-3)27(32)30-24(20-35-16-5-2)28(33)37-18-21-12-8-7-9-13-21/h4-5,7-15,23-24H,1-2,6,16-20H2,3H3,(H,29,31)(H,30,32)/t23-,24-/m0/s1. The molecule has 0 aromatic heterocycles. The Morgan fingerprint density at radius 2 is 1.65 bits per heavy atom. The maximum absolute atomic E-state index is 13.1. The van der Waals surface area contributed by atoms with Gasteiger partial charge in [-0.1, -0.05) is 54.6 Å². The summed E-state index contributed by atoms with van der Waals surface area (Å²) >= 11 is 0. The number of hydrogen-bond donors (Lipinski definition) is 2. The van der Waals surface area contributed by atoms with Gasteiger partial charge in [0.15, 0.2) is 6.04 Å². The first-order chi connectivity index (χ1) is 18.0. The Morgan fingerprint density at radius 1 is 0.919 bits per heavy atom. The van der Waals surface area contributed by atoms with Crippen LogP contribution in [0.3, 0.4) is 0 Å². The van der Waals surface area contributed by atoms with E-state index >= 15 is 0 Å². The van der Waals surface area contributed by atoms with Crippen LogP contribution in [-0.2, 0) is 30.4 Å². The van der Waals surface area contributed by atoms with Crippen LogP contribution in [0.25, 0.3) is 0 Å². The van der Waals surface area contributed by atoms with Crippen LogP contribution < -0.4 is 15.4 Å². The zero-order valence-corrected chi connectivity index (χ0v) is 21.0. The minimum atomic E-state index is -1.11. The van der Waals surface area contributed by atoms with Crippen molar-refractivity contribution in [1.82, 2.24) is 10.6 Å². The van der Waals surface area contributed by atoms with Crippen LogP contribution in [-0.4, -0.2) is 63.4 Å². The Bertz CT molecular complexity index is 1030. The van der Waals surface area contributed by atoms with Gasteiger partial charge in [0.25, 0.3) is 5.91 Å². The van der Waals surface area contributed by atoms with E-state index in [1.807, 2.05) is 30.3 Å². The summed E-state index contributed by atoms with van der Waals surface area (Å²) in [5.74, 6) is -1.47. The topological polar surface area (TPSA) is 112 Å². The number of benzene rings is 2. The van der Waals surface area contributed by atoms with Gasteiger partial charge in [-0.25, -0.2) is 4.79 Å². The van der Waals surface area contributed by atoms with Gasteiger partial charge in [0.1, 0.15) is 18.4 Å². The number of methoxy groups -OCH3 is 1. The third-order valence-electron chi connectivity index (χ3n) is 5.01. The summed E-state index contributed by atoms with van der Waals surface area (Å²) in [4.78, 5) is 38.8. The van der Waals surface area contributed by atoms with Gasteiger partial charge in [0.05, 0.1) is 32.0 Å². The lowest BCUT2D eigenvalue weighted by molar-refractivity contribution is -0.151. The second-order valence-electron chi connectivity index (χ2n) is 7.88. The summed E-state index contributed by atoms with van der Waals surface area (Å²) in [5.41, 5.74) is 1.06. The molecule has 0 aliphatic rings. The van der Waals surface area contributed by atoms with Gasteiger partial charge in [-0.2, -0.15) is 0 Å². The fraction of sp³-hybridized carbons (Fsp3) is 0.321. The molecule has 0 aliphatic heterocycles. The average Bonchev–Trinajstić information content (AvgIpc) is 2.92. The maximum atomic E-state index is 13.1. The van der Waals surface area contributed by atoms with Crippen molar-refractivity contribution in [2.45, 2.75) is 25.1 Å². The van der Waals surface area contributed by atoms with Crippen LogP contribution in [0.15, 0.2) is 79.9 Å². The number of carbonyl (C=O) groups is 3. The lowest BCUT2D eigenvalue weighted by Crippen LogP contribution is -2.54. The molecule has 2 aromatic carbocycles. The smallest absolute Gasteiger partial charge is 0.331 e. The number of hydrogen-bond acceptors (Lipinski definition) is 7. The molecule has 2 atom stereocenters. The third-order valence-corrected chi connectivity index (χ3v) is 5.01. The van der Waals surface area contributed by atoms with Gasteiger partial charge in [-0.3, -0.25) is 9.59 Å². The Kier molecular flexibility index (Phi) is 13.2. The average molecular weight is 511 g/mol. The molecule has 37 heavy (non-hydrogen) atoms. The first-order valence-electron chi connectivity index (χ1n) is 11.8. The van der Waals surface area contributed by atoms with Crippen molar-refractivity contribution in [3.05, 3.63) is 91.0 Å². The monoisotopic (exact) mass is 510 g/mol. The zero-order chi connectivity index (χ0) is 26.9. The predicted molar refractivity (Wildman–Crippen MR) is 139 cm³/mol. The molecule has 2 aromatic rings. The zero-order valence-electron chi connectivity index (χ0n) is 21.0. The molecule has 9 heteroatoms. The first kappa shape index (κ1) is 29.3. The number of para-hydroxylation sites is 1. The number of carbonyl (C=O) groups excluding carboxylic acids is 3. The molecule has 198 valence electrons. The van der Waals surface area contributed by atoms with E-state index in [1.54, 1.807) is 30.3 Å². The second-order valence-corrected chi connectivity index (χ2v) is 7.88. The van der Waals surface area contributed by atoms with Crippen LogP contribution >= 0.6 is 0 Å². The highest BCUT2D eigenvalue weighted by Crippen LogP contribution is 2.18. The lowest BCUT2D eigenvalue weighted by Gasteiger charge is -2.22. The minimum Gasteiger partial charge on any atom is -0.492 e. The highest BCUT2D eigenvalue weighted by Gasteiger charge is 2.29. The molecule has 9 nitrogen and oxygen atoms in total. The van der Waals surface area contributed by atoms with Crippen LogP contribution in [0, 0.1) is 0 Å². The van der Waals surface area contributed by atoms with E-state index < -0.39 is 29.9 Å². The van der Waals surface area contributed by atoms with E-state index in [0.717, 1.165) is 5.56 Å². The molecule has 2 N–H and O–H groups in total. The molecule has 0 radical (unpaired) electrons. The van der Waals surface area contributed by atoms with E-state index in [9.17, 15) is 14.4 Å². The largest absolute Gasteiger partial charge is 0.492 e. The van der Waals surface area contributed by atoms with Gasteiger partial charge in [-0.15, -0.1) is 13.2 Å². The van der Waals surface area contributed by atoms with Crippen molar-refractivity contribution in [3.63, 3.8) is 0 Å². The Labute approximate surface area is 217 Å². The molecule has 0 aliphatic carbocycles. The fourth-order valence-electron chi connectivity index (χ4n) is 3.16. The van der Waals surface area contributed by atoms with Gasteiger partial charge in [0.2, 0.25) is 5.91 Å². The predicted octanol–water partition coefficient (Wildman–Crippen LogP) is 2.82. The van der Waals surface area contributed by atoms with Crippen LogP contribution in [0.5, 0.6) is 5.75 Å². The van der Waals surface area contributed by atoms with Gasteiger partial charge in [-0.05, 0) is 24.1 Å². The number of rotatable bonds is 17. The van der Waals surface area contributed by atoms with E-state index in [4.69, 9.17) is 18.9 Å². The number of ether oxygens (including phenoxy) is 4. The maximum Gasteiger partial charge on any atom is 0.331 e. The van der Waals surface area contributed by atoms with E-state index in [0.29, 0.717) is 18.8 Å². The fourth-order valence-corrected chi connectivity index (χ4v) is 3.16. The molecular formula is C28H34N2O7. The van der Waals surface area contributed by atoms with Crippen LogP contribution in [0.4, 0.5) is 0 Å². The molecule has 0 unspecified atom stereocenters. The van der Waals surface area contributed by atoms with Crippen LogP contribution in [0.2, 0.25) is 0 Å². The summed E-state index contributed by atoms with van der Waals surface area (Å²) in [6.45, 7) is 7.53. The van der Waals surface area contributed by atoms with Crippen molar-refractivity contribution in [2.24, 2.45) is 0 Å². The van der Waals surface area contributed by atoms with Crippen LogP contribution in [0.1, 0.15) is 22.3 Å². The highest BCUT2D eigenvalue weighted by molar-refractivity contribution is 6.00. The molecular weight excluding hydrogens is 476 g/mol. The molecule has 2 amide bonds. The van der Waals surface area contributed by atoms with Crippen molar-refractivity contribution < 1.29 is 33.3 Å². The summed E-state index contributed by atoms with van der Waals surface area (Å²) in [6, 6.07) is 13.6. The molecule has 0 saturated heterocycles. The Balaban J connectivity index is 2.09. The summed E-state index contributed by atoms with van der Waals surface area (Å²) in [5, 5.41) is 5.25. The Hall–Kier alpha value is -3.95. The third kappa shape index (κ3) is 10.3. The van der Waals surface area contributed by atoms with E-state index in [2.05, 4.69) is 23.8 Å².